The summed E-state index contributed by atoms with van der Waals surface area (Å²) in [5.74, 6) is -2.63. The Hall–Kier alpha value is -2.36. The Balaban J connectivity index is 1.54. The first-order chi connectivity index (χ1) is 16.1. The van der Waals surface area contributed by atoms with Gasteiger partial charge in [0, 0.05) is 5.92 Å². The van der Waals surface area contributed by atoms with Gasteiger partial charge in [-0.25, -0.2) is 4.79 Å². The topological polar surface area (TPSA) is 213 Å². The molecule has 3 fully saturated rings. The number of hydrogen-bond donors (Lipinski definition) is 7. The Labute approximate surface area is 192 Å². The molecule has 13 nitrogen and oxygen atoms in total. The summed E-state index contributed by atoms with van der Waals surface area (Å²) in [6.07, 6.45) is -12.4. The minimum Gasteiger partial charge on any atom is -0.462 e. The largest absolute Gasteiger partial charge is 0.462 e. The van der Waals surface area contributed by atoms with E-state index in [2.05, 4.69) is 0 Å². The molecule has 3 saturated heterocycles. The first-order valence-corrected chi connectivity index (χ1v) is 10.6. The molecule has 34 heavy (non-hydrogen) atoms. The highest BCUT2D eigenvalue weighted by Gasteiger charge is 2.69. The third kappa shape index (κ3) is 3.93. The molecular formula is C21H26O13. The molecule has 3 aliphatic heterocycles. The van der Waals surface area contributed by atoms with Gasteiger partial charge in [-0.2, -0.15) is 0 Å². The number of aliphatic hydroxyl groups is 7. The summed E-state index contributed by atoms with van der Waals surface area (Å²) < 4.78 is 21.1. The van der Waals surface area contributed by atoms with Crippen LogP contribution in [-0.2, 0) is 23.8 Å². The Morgan fingerprint density at radius 3 is 2.32 bits per heavy atom. The van der Waals surface area contributed by atoms with Crippen molar-refractivity contribution in [2.75, 3.05) is 13.2 Å². The molecule has 0 unspecified atom stereocenters. The maximum absolute atomic E-state index is 12.7. The summed E-state index contributed by atoms with van der Waals surface area (Å²) in [6, 6.07) is 5.78. The maximum atomic E-state index is 12.7. The second-order valence-corrected chi connectivity index (χ2v) is 8.47. The zero-order valence-electron chi connectivity index (χ0n) is 17.7. The van der Waals surface area contributed by atoms with Gasteiger partial charge in [0.1, 0.15) is 42.4 Å². The zero-order chi connectivity index (χ0) is 24.8. The average molecular weight is 486 g/mol. The number of ether oxygens (including phenoxy) is 4. The van der Waals surface area contributed by atoms with Gasteiger partial charge in [0.2, 0.25) is 11.9 Å². The fourth-order valence-corrected chi connectivity index (χ4v) is 4.55. The molecule has 0 bridgehead atoms. The van der Waals surface area contributed by atoms with Gasteiger partial charge in [-0.3, -0.25) is 4.79 Å². The molecular weight excluding hydrogens is 460 g/mol. The molecule has 10 atom stereocenters. The lowest BCUT2D eigenvalue weighted by atomic mass is 9.77. The van der Waals surface area contributed by atoms with Crippen LogP contribution in [0.15, 0.2) is 24.3 Å². The summed E-state index contributed by atoms with van der Waals surface area (Å²) in [7, 11) is 0. The third-order valence-electron chi connectivity index (χ3n) is 6.43. The van der Waals surface area contributed by atoms with Crippen LogP contribution in [0, 0.1) is 0 Å². The van der Waals surface area contributed by atoms with E-state index in [1.807, 2.05) is 0 Å². The third-order valence-corrected chi connectivity index (χ3v) is 6.43. The van der Waals surface area contributed by atoms with Crippen LogP contribution in [0.5, 0.6) is 5.75 Å². The van der Waals surface area contributed by atoms with E-state index < -0.39 is 85.7 Å². The van der Waals surface area contributed by atoms with Crippen LogP contribution in [0.25, 0.3) is 0 Å². The fourth-order valence-electron chi connectivity index (χ4n) is 4.55. The molecule has 1 aromatic carbocycles. The van der Waals surface area contributed by atoms with Crippen LogP contribution in [-0.4, -0.2) is 116 Å². The van der Waals surface area contributed by atoms with E-state index in [1.165, 1.54) is 24.3 Å². The monoisotopic (exact) mass is 486 g/mol. The predicted molar refractivity (Wildman–Crippen MR) is 106 cm³/mol. The molecule has 0 aromatic heterocycles. The van der Waals surface area contributed by atoms with Gasteiger partial charge in [0.05, 0.1) is 19.6 Å². The van der Waals surface area contributed by atoms with Gasteiger partial charge >= 0.3 is 11.9 Å². The zero-order valence-corrected chi connectivity index (χ0v) is 17.7. The highest BCUT2D eigenvalue weighted by Crippen LogP contribution is 2.49. The summed E-state index contributed by atoms with van der Waals surface area (Å²) in [5.41, 5.74) is -1.71. The van der Waals surface area contributed by atoms with Gasteiger partial charge < -0.3 is 54.7 Å². The molecule has 1 aromatic rings. The molecule has 0 amide bonds. The minimum absolute atomic E-state index is 0.149. The quantitative estimate of drug-likeness (QED) is 0.193. The molecule has 0 aliphatic carbocycles. The molecule has 1 spiro atoms. The van der Waals surface area contributed by atoms with Crippen molar-refractivity contribution in [2.45, 2.75) is 67.0 Å². The summed E-state index contributed by atoms with van der Waals surface area (Å²) >= 11 is 0. The van der Waals surface area contributed by atoms with Crippen LogP contribution in [0.3, 0.4) is 0 Å². The Morgan fingerprint density at radius 1 is 1.03 bits per heavy atom. The number of cyclic esters (lactones) is 1. The second-order valence-electron chi connectivity index (χ2n) is 8.47. The molecule has 0 radical (unpaired) electrons. The fraction of sp³-hybridized carbons (Fsp3) is 0.619. The number of carbonyl (C=O) groups is 2. The van der Waals surface area contributed by atoms with Crippen molar-refractivity contribution in [1.82, 2.24) is 0 Å². The second kappa shape index (κ2) is 9.36. The van der Waals surface area contributed by atoms with Gasteiger partial charge in [-0.15, -0.1) is 0 Å². The Bertz CT molecular complexity index is 904. The van der Waals surface area contributed by atoms with Gasteiger partial charge in [0.25, 0.3) is 0 Å². The normalized spacial score (nSPS) is 40.8. The number of aliphatic hydroxyl groups excluding tert-OH is 7. The lowest BCUT2D eigenvalue weighted by molar-refractivity contribution is -0.277. The summed E-state index contributed by atoms with van der Waals surface area (Å²) in [6.45, 7) is -1.40. The number of hydrogen-bond acceptors (Lipinski definition) is 13. The highest BCUT2D eigenvalue weighted by molar-refractivity contribution is 5.91. The van der Waals surface area contributed by atoms with E-state index in [0.29, 0.717) is 5.56 Å². The van der Waals surface area contributed by atoms with Crippen molar-refractivity contribution in [2.24, 2.45) is 0 Å². The number of benzene rings is 1. The van der Waals surface area contributed by atoms with Crippen molar-refractivity contribution in [3.8, 4) is 5.75 Å². The first-order valence-electron chi connectivity index (χ1n) is 10.6. The van der Waals surface area contributed by atoms with Gasteiger partial charge in [0.15, 0.2) is 6.10 Å². The van der Waals surface area contributed by atoms with Crippen molar-refractivity contribution in [3.05, 3.63) is 29.8 Å². The van der Waals surface area contributed by atoms with Crippen molar-refractivity contribution in [1.29, 1.82) is 0 Å². The lowest BCUT2D eigenvalue weighted by Gasteiger charge is -2.39. The van der Waals surface area contributed by atoms with Crippen LogP contribution in [0.2, 0.25) is 0 Å². The highest BCUT2D eigenvalue weighted by atomic mass is 16.7. The van der Waals surface area contributed by atoms with Crippen LogP contribution in [0.1, 0.15) is 17.9 Å². The van der Waals surface area contributed by atoms with E-state index in [9.17, 15) is 40.2 Å². The molecule has 7 N–H and O–H groups in total. The van der Waals surface area contributed by atoms with E-state index in [-0.39, 0.29) is 12.2 Å². The Kier molecular flexibility index (Phi) is 6.81. The van der Waals surface area contributed by atoms with E-state index in [4.69, 9.17) is 24.1 Å². The smallest absolute Gasteiger partial charge is 0.354 e. The van der Waals surface area contributed by atoms with E-state index in [1.54, 1.807) is 0 Å². The van der Waals surface area contributed by atoms with Crippen molar-refractivity contribution >= 4 is 11.9 Å². The minimum atomic E-state index is -2.10. The van der Waals surface area contributed by atoms with Gasteiger partial charge in [-0.05, 0) is 17.7 Å². The number of carbonyl (C=O) groups excluding carboxylic acids is 2. The molecule has 3 aliphatic rings. The van der Waals surface area contributed by atoms with Crippen LogP contribution in [0.4, 0.5) is 0 Å². The number of esters is 2. The SMILES string of the molecule is O=C1C[C@H](c2ccc(O[C@H]3O[C@@H](CO)[C@H](O)[C@@H](O)[C@@H]3O)cc2)[C@]2(O1)C(=O)O[C@H]([C@@H](O)CO)[C@@H]2O. The van der Waals surface area contributed by atoms with E-state index >= 15 is 0 Å². The van der Waals surface area contributed by atoms with Crippen molar-refractivity contribution in [3.63, 3.8) is 0 Å². The van der Waals surface area contributed by atoms with Gasteiger partial charge in [-0.1, -0.05) is 12.1 Å². The molecule has 188 valence electrons. The molecule has 0 saturated carbocycles. The predicted octanol–water partition coefficient (Wildman–Crippen LogP) is -3.73. The average Bonchev–Trinajstić information content (AvgIpc) is 3.31. The summed E-state index contributed by atoms with van der Waals surface area (Å²) in [4.78, 5) is 24.8. The molecule has 13 heteroatoms. The maximum Gasteiger partial charge on any atom is 0.354 e. The van der Waals surface area contributed by atoms with Crippen LogP contribution >= 0.6 is 0 Å². The molecule has 3 heterocycles. The Morgan fingerprint density at radius 2 is 1.71 bits per heavy atom. The van der Waals surface area contributed by atoms with Crippen molar-refractivity contribution < 1.29 is 64.3 Å². The first kappa shape index (κ1) is 24.8. The van der Waals surface area contributed by atoms with E-state index in [0.717, 1.165) is 0 Å². The lowest BCUT2D eigenvalue weighted by Crippen LogP contribution is -2.60. The molecule has 4 rings (SSSR count). The summed E-state index contributed by atoms with van der Waals surface area (Å²) in [5, 5.41) is 68.9. The van der Waals surface area contributed by atoms with Crippen LogP contribution < -0.4 is 4.74 Å². The number of rotatable bonds is 6. The standard InChI is InChI=1S/C21H26O13/c22-6-11(24)17-18(29)21(20(30)33-17)10(5-13(25)34-21)8-1-3-9(4-2-8)31-19-16(28)15(27)14(26)12(7-23)32-19/h1-4,10-12,14-19,22-24,26-29H,5-7H2/t10-,11+,12+,14+,15-,16+,17-,18+,19+,21-/m1/s1.